The molecule has 0 atom stereocenters. The van der Waals surface area contributed by atoms with Crippen LogP contribution in [0.5, 0.6) is 0 Å². The third-order valence-electron chi connectivity index (χ3n) is 7.24. The lowest BCUT2D eigenvalue weighted by atomic mass is 9.88. The van der Waals surface area contributed by atoms with E-state index in [4.69, 9.17) is 21.8 Å². The van der Waals surface area contributed by atoms with Gasteiger partial charge in [0.15, 0.2) is 0 Å². The van der Waals surface area contributed by atoms with Crippen molar-refractivity contribution < 1.29 is 34.1 Å². The van der Waals surface area contributed by atoms with Crippen LogP contribution in [0.15, 0.2) is 82.0 Å². The van der Waals surface area contributed by atoms with E-state index in [9.17, 15) is 34.5 Å². The van der Waals surface area contributed by atoms with Gasteiger partial charge >= 0.3 is 17.9 Å². The molecule has 3 aromatic carbocycles. The summed E-state index contributed by atoms with van der Waals surface area (Å²) in [4.78, 5) is 52.5. The summed E-state index contributed by atoms with van der Waals surface area (Å²) < 4.78 is 6.22. The fourth-order valence-electron chi connectivity index (χ4n) is 5.16. The Kier molecular flexibility index (Phi) is 6.87. The molecule has 1 aromatic heterocycles. The number of fused-ring (bicyclic) bond motifs is 3. The highest BCUT2D eigenvalue weighted by Gasteiger charge is 2.25. The van der Waals surface area contributed by atoms with Crippen LogP contribution < -0.4 is 16.5 Å². The van der Waals surface area contributed by atoms with Crippen LogP contribution in [0, 0.1) is 0 Å². The number of halogens is 1. The number of para-hydroxylation sites is 1. The minimum Gasteiger partial charge on any atom is -0.478 e. The van der Waals surface area contributed by atoms with E-state index in [0.29, 0.717) is 33.2 Å². The number of benzene rings is 4. The first-order valence-electron chi connectivity index (χ1n) is 13.0. The molecule has 0 saturated heterocycles. The zero-order chi connectivity index (χ0) is 31.3. The van der Waals surface area contributed by atoms with Crippen molar-refractivity contribution in [1.29, 1.82) is 0 Å². The molecule has 0 saturated carbocycles. The first kappa shape index (κ1) is 28.2. The first-order chi connectivity index (χ1) is 21.0. The van der Waals surface area contributed by atoms with E-state index in [1.807, 2.05) is 0 Å². The van der Waals surface area contributed by atoms with E-state index < -0.39 is 23.3 Å². The number of carboxylic acids is 3. The molecule has 0 unspecified atom stereocenters. The molecule has 2 aliphatic rings. The summed E-state index contributed by atoms with van der Waals surface area (Å²) in [5.74, 6) is -3.67. The highest BCUT2D eigenvalue weighted by Crippen LogP contribution is 2.44. The van der Waals surface area contributed by atoms with Gasteiger partial charge in [0, 0.05) is 45.8 Å². The molecule has 6 N–H and O–H groups in total. The number of carboxylic acid groups (broad SMARTS) is 3. The van der Waals surface area contributed by atoms with Gasteiger partial charge in [0.25, 0.3) is 0 Å². The summed E-state index contributed by atoms with van der Waals surface area (Å²) in [5, 5.41) is 33.3. The maximum absolute atomic E-state index is 12.5. The van der Waals surface area contributed by atoms with Gasteiger partial charge in [-0.1, -0.05) is 29.8 Å². The van der Waals surface area contributed by atoms with E-state index in [0.717, 1.165) is 0 Å². The number of rotatable bonds is 7. The van der Waals surface area contributed by atoms with Gasteiger partial charge < -0.3 is 30.8 Å². The standard InChI is InChI=1S/C32H20ClN3O8/c33-21-11-19-26(12-25(21)37)44-29-17(27(19)18-10-15(30(38)39)4-6-16(18)31(40)41)7-8-22(34)20(29)13-35-23-3-1-2-14-5-9-24(32(42)43)36-28(14)23/h1-12,35H,13,34H2,(H,38,39)(H,40,41)(H,42,43). The third-order valence-corrected chi connectivity index (χ3v) is 7.54. The van der Waals surface area contributed by atoms with Crippen LogP contribution >= 0.6 is 11.6 Å². The van der Waals surface area contributed by atoms with E-state index in [1.54, 1.807) is 36.4 Å². The Morgan fingerprint density at radius 1 is 0.886 bits per heavy atom. The van der Waals surface area contributed by atoms with E-state index in [2.05, 4.69) is 10.3 Å². The van der Waals surface area contributed by atoms with Crippen molar-refractivity contribution in [3.8, 4) is 22.5 Å². The molecule has 1 aliphatic heterocycles. The number of nitrogens with two attached hydrogens (primary N) is 1. The Labute approximate surface area is 252 Å². The zero-order valence-electron chi connectivity index (χ0n) is 22.4. The number of pyridine rings is 1. The van der Waals surface area contributed by atoms with Crippen LogP contribution in [-0.4, -0.2) is 38.2 Å². The smallest absolute Gasteiger partial charge is 0.354 e. The van der Waals surface area contributed by atoms with Crippen molar-refractivity contribution in [1.82, 2.24) is 4.98 Å². The number of hydrogen-bond acceptors (Lipinski definition) is 8. The van der Waals surface area contributed by atoms with Crippen molar-refractivity contribution in [2.24, 2.45) is 0 Å². The van der Waals surface area contributed by atoms with Crippen molar-refractivity contribution in [3.63, 3.8) is 0 Å². The van der Waals surface area contributed by atoms with Crippen molar-refractivity contribution >= 4 is 62.8 Å². The normalized spacial score (nSPS) is 11.2. The van der Waals surface area contributed by atoms with Gasteiger partial charge in [-0.15, -0.1) is 0 Å². The molecule has 0 radical (unpaired) electrons. The van der Waals surface area contributed by atoms with Crippen LogP contribution in [-0.2, 0) is 6.54 Å². The van der Waals surface area contributed by atoms with E-state index in [-0.39, 0.29) is 56.4 Å². The summed E-state index contributed by atoms with van der Waals surface area (Å²) in [7, 11) is 0. The first-order valence-corrected chi connectivity index (χ1v) is 13.4. The maximum Gasteiger partial charge on any atom is 0.354 e. The molecule has 44 heavy (non-hydrogen) atoms. The second-order valence-electron chi connectivity index (χ2n) is 9.87. The molecular formula is C32H20ClN3O8. The predicted octanol–water partition coefficient (Wildman–Crippen LogP) is 6.06. The molecule has 11 nitrogen and oxygen atoms in total. The molecule has 1 aliphatic carbocycles. The van der Waals surface area contributed by atoms with Crippen molar-refractivity contribution in [3.05, 3.63) is 110 Å². The lowest BCUT2D eigenvalue weighted by Crippen LogP contribution is -2.09. The summed E-state index contributed by atoms with van der Waals surface area (Å²) in [6, 6.07) is 17.7. The van der Waals surface area contributed by atoms with Crippen LogP contribution in [0.1, 0.15) is 36.8 Å². The molecule has 6 rings (SSSR count). The van der Waals surface area contributed by atoms with Crippen LogP contribution in [0.3, 0.4) is 0 Å². The molecular weight excluding hydrogens is 590 g/mol. The number of nitrogens with zero attached hydrogens (tertiary/aromatic N) is 1. The van der Waals surface area contributed by atoms with Crippen LogP contribution in [0.4, 0.5) is 11.4 Å². The van der Waals surface area contributed by atoms with Gasteiger partial charge in [-0.3, -0.25) is 4.79 Å². The number of aromatic nitrogens is 1. The zero-order valence-corrected chi connectivity index (χ0v) is 23.2. The highest BCUT2D eigenvalue weighted by molar-refractivity contribution is 6.31. The average molecular weight is 610 g/mol. The monoisotopic (exact) mass is 609 g/mol. The molecule has 2 heterocycles. The summed E-state index contributed by atoms with van der Waals surface area (Å²) in [6.07, 6.45) is 0. The summed E-state index contributed by atoms with van der Waals surface area (Å²) >= 11 is 6.20. The van der Waals surface area contributed by atoms with Crippen LogP contribution in [0.2, 0.25) is 5.02 Å². The van der Waals surface area contributed by atoms with E-state index in [1.165, 1.54) is 36.4 Å². The Morgan fingerprint density at radius 2 is 1.68 bits per heavy atom. The van der Waals surface area contributed by atoms with Crippen molar-refractivity contribution in [2.75, 3.05) is 11.1 Å². The molecule has 12 heteroatoms. The molecule has 0 bridgehead atoms. The molecule has 0 amide bonds. The molecule has 4 aromatic rings. The average Bonchev–Trinajstić information content (AvgIpc) is 2.99. The fraction of sp³-hybridized carbons (Fsp3) is 0.0312. The fourth-order valence-corrected chi connectivity index (χ4v) is 5.33. The second-order valence-corrected chi connectivity index (χ2v) is 10.3. The number of nitrogen functional groups attached to an aromatic ring is 1. The van der Waals surface area contributed by atoms with Gasteiger partial charge in [0.1, 0.15) is 17.0 Å². The van der Waals surface area contributed by atoms with Gasteiger partial charge in [-0.25, -0.2) is 19.4 Å². The minimum atomic E-state index is -1.30. The van der Waals surface area contributed by atoms with Gasteiger partial charge in [-0.05, 0) is 54.1 Å². The molecule has 218 valence electrons. The summed E-state index contributed by atoms with van der Waals surface area (Å²) in [6.45, 7) is 0.0501. The Hall–Kier alpha value is -5.94. The topological polar surface area (TPSA) is 193 Å². The van der Waals surface area contributed by atoms with Gasteiger partial charge in [0.2, 0.25) is 5.43 Å². The Bertz CT molecular complexity index is 2230. The number of nitrogens with one attached hydrogen (secondary N) is 1. The minimum absolute atomic E-state index is 0.0501. The highest BCUT2D eigenvalue weighted by atomic mass is 35.5. The Morgan fingerprint density at radius 3 is 2.41 bits per heavy atom. The second kappa shape index (κ2) is 10.7. The number of anilines is 2. The Balaban J connectivity index is 1.61. The van der Waals surface area contributed by atoms with Crippen molar-refractivity contribution in [2.45, 2.75) is 6.54 Å². The van der Waals surface area contributed by atoms with Gasteiger partial charge in [-0.2, -0.15) is 0 Å². The lowest BCUT2D eigenvalue weighted by Gasteiger charge is -2.20. The summed E-state index contributed by atoms with van der Waals surface area (Å²) in [5.41, 5.74) is 7.91. The quantitative estimate of drug-likeness (QED) is 0.104. The largest absolute Gasteiger partial charge is 0.478 e. The number of carbonyl (C=O) groups is 3. The predicted molar refractivity (Wildman–Crippen MR) is 164 cm³/mol. The third kappa shape index (κ3) is 4.80. The maximum atomic E-state index is 12.5. The van der Waals surface area contributed by atoms with Gasteiger partial charge in [0.05, 0.1) is 27.4 Å². The number of hydrogen-bond donors (Lipinski definition) is 5. The van der Waals surface area contributed by atoms with E-state index >= 15 is 0 Å². The number of aromatic carboxylic acids is 3. The molecule has 0 fully saturated rings. The van der Waals surface area contributed by atoms with Crippen LogP contribution in [0.25, 0.3) is 44.3 Å². The SMILES string of the molecule is Nc1ccc2c(-c3cc(C(=O)O)ccc3C(=O)O)c3cc(Cl)c(=O)cc-3oc2c1CNc1cccc2ccc(C(=O)O)nc12. The molecule has 0 spiro atoms. The lowest BCUT2D eigenvalue weighted by molar-refractivity contribution is 0.0682.